The van der Waals surface area contributed by atoms with Crippen LogP contribution < -0.4 is 5.32 Å². The first-order valence-electron chi connectivity index (χ1n) is 9.49. The highest BCUT2D eigenvalue weighted by molar-refractivity contribution is 7.99. The van der Waals surface area contributed by atoms with Crippen LogP contribution in [0.1, 0.15) is 5.56 Å². The topological polar surface area (TPSA) is 77.6 Å². The lowest BCUT2D eigenvalue weighted by molar-refractivity contribution is -0.113. The van der Waals surface area contributed by atoms with Crippen LogP contribution in [-0.4, -0.2) is 36.2 Å². The van der Waals surface area contributed by atoms with E-state index in [2.05, 4.69) is 20.6 Å². The number of carbonyl (C=O) groups excluding carboxylic acids is 1. The highest BCUT2D eigenvalue weighted by Gasteiger charge is 2.19. The van der Waals surface area contributed by atoms with Gasteiger partial charge in [0.15, 0.2) is 11.0 Å². The standard InChI is InChI=1S/C22H22N6OS/c1-15-8-7-11-17(12-15)23-19(29)14-30-22-25-24-21(28(22)3)18-13-27(2)26-20(18)16-9-5-4-6-10-16/h4-13H,14H2,1-3H3,(H,23,29). The van der Waals surface area contributed by atoms with E-state index in [-0.39, 0.29) is 11.7 Å². The van der Waals surface area contributed by atoms with Crippen LogP contribution in [-0.2, 0) is 18.9 Å². The van der Waals surface area contributed by atoms with Crippen LogP contribution in [0.4, 0.5) is 5.69 Å². The number of thioether (sulfide) groups is 1. The third-order valence-electron chi connectivity index (χ3n) is 4.59. The lowest BCUT2D eigenvalue weighted by Gasteiger charge is -2.06. The van der Waals surface area contributed by atoms with E-state index < -0.39 is 0 Å². The molecule has 30 heavy (non-hydrogen) atoms. The third kappa shape index (κ3) is 4.28. The molecule has 0 aliphatic carbocycles. The summed E-state index contributed by atoms with van der Waals surface area (Å²) in [5.74, 6) is 0.878. The van der Waals surface area contributed by atoms with Gasteiger partial charge < -0.3 is 9.88 Å². The summed E-state index contributed by atoms with van der Waals surface area (Å²) < 4.78 is 3.67. The van der Waals surface area contributed by atoms with Gasteiger partial charge in [0.2, 0.25) is 5.91 Å². The van der Waals surface area contributed by atoms with E-state index in [1.165, 1.54) is 11.8 Å². The molecular weight excluding hydrogens is 396 g/mol. The number of rotatable bonds is 6. The van der Waals surface area contributed by atoms with Gasteiger partial charge >= 0.3 is 0 Å². The van der Waals surface area contributed by atoms with Crippen LogP contribution in [0.2, 0.25) is 0 Å². The predicted molar refractivity (Wildman–Crippen MR) is 119 cm³/mol. The quantitative estimate of drug-likeness (QED) is 0.480. The Morgan fingerprint density at radius 2 is 1.87 bits per heavy atom. The van der Waals surface area contributed by atoms with Crippen molar-refractivity contribution in [3.63, 3.8) is 0 Å². The van der Waals surface area contributed by atoms with Crippen molar-refractivity contribution in [1.82, 2.24) is 24.5 Å². The van der Waals surface area contributed by atoms with Crippen molar-refractivity contribution >= 4 is 23.4 Å². The van der Waals surface area contributed by atoms with Gasteiger partial charge in [0.05, 0.1) is 11.3 Å². The number of nitrogens with zero attached hydrogens (tertiary/aromatic N) is 5. The van der Waals surface area contributed by atoms with Crippen LogP contribution >= 0.6 is 11.8 Å². The van der Waals surface area contributed by atoms with Crippen molar-refractivity contribution in [3.8, 4) is 22.6 Å². The number of anilines is 1. The van der Waals surface area contributed by atoms with E-state index in [0.29, 0.717) is 11.0 Å². The summed E-state index contributed by atoms with van der Waals surface area (Å²) in [4.78, 5) is 12.3. The first kappa shape index (κ1) is 19.9. The first-order chi connectivity index (χ1) is 14.5. The molecule has 2 aromatic carbocycles. The highest BCUT2D eigenvalue weighted by Crippen LogP contribution is 2.31. The molecule has 0 aliphatic rings. The van der Waals surface area contributed by atoms with Gasteiger partial charge in [-0.1, -0.05) is 54.2 Å². The molecule has 0 bridgehead atoms. The monoisotopic (exact) mass is 418 g/mol. The SMILES string of the molecule is Cc1cccc(NC(=O)CSc2nnc(-c3cn(C)nc3-c3ccccc3)n2C)c1. The summed E-state index contributed by atoms with van der Waals surface area (Å²) in [6, 6.07) is 17.7. The molecule has 7 nitrogen and oxygen atoms in total. The van der Waals surface area contributed by atoms with Crippen molar-refractivity contribution in [2.45, 2.75) is 12.1 Å². The minimum atomic E-state index is -0.0819. The minimum Gasteiger partial charge on any atom is -0.325 e. The van der Waals surface area contributed by atoms with Crippen molar-refractivity contribution in [3.05, 3.63) is 66.4 Å². The summed E-state index contributed by atoms with van der Waals surface area (Å²) in [7, 11) is 3.79. The Balaban J connectivity index is 1.50. The van der Waals surface area contributed by atoms with Gasteiger partial charge in [-0.3, -0.25) is 9.48 Å². The maximum Gasteiger partial charge on any atom is 0.234 e. The first-order valence-corrected chi connectivity index (χ1v) is 10.5. The zero-order chi connectivity index (χ0) is 21.1. The number of carbonyl (C=O) groups is 1. The maximum atomic E-state index is 12.3. The molecule has 4 aromatic rings. The number of hydrogen-bond donors (Lipinski definition) is 1. The Bertz CT molecular complexity index is 1180. The number of nitrogens with one attached hydrogen (secondary N) is 1. The van der Waals surface area contributed by atoms with E-state index in [1.54, 1.807) is 4.68 Å². The lowest BCUT2D eigenvalue weighted by atomic mass is 10.1. The molecule has 2 heterocycles. The maximum absolute atomic E-state index is 12.3. The summed E-state index contributed by atoms with van der Waals surface area (Å²) in [5.41, 5.74) is 4.66. The average Bonchev–Trinajstić information content (AvgIpc) is 3.29. The molecule has 0 saturated carbocycles. The molecule has 1 N–H and O–H groups in total. The van der Waals surface area contributed by atoms with Gasteiger partial charge in [-0.05, 0) is 24.6 Å². The smallest absolute Gasteiger partial charge is 0.234 e. The fourth-order valence-corrected chi connectivity index (χ4v) is 3.90. The second-order valence-electron chi connectivity index (χ2n) is 7.00. The Labute approximate surface area is 179 Å². The molecule has 0 saturated heterocycles. The minimum absolute atomic E-state index is 0.0819. The Morgan fingerprint density at radius 1 is 1.07 bits per heavy atom. The van der Waals surface area contributed by atoms with Crippen molar-refractivity contribution < 1.29 is 4.79 Å². The van der Waals surface area contributed by atoms with Gasteiger partial charge in [0, 0.05) is 31.5 Å². The van der Waals surface area contributed by atoms with Crippen LogP contribution in [0.5, 0.6) is 0 Å². The van der Waals surface area contributed by atoms with Crippen LogP contribution in [0, 0.1) is 6.92 Å². The van der Waals surface area contributed by atoms with Gasteiger partial charge in [0.25, 0.3) is 0 Å². The molecule has 1 amide bonds. The molecule has 0 unspecified atom stereocenters. The average molecular weight is 419 g/mol. The third-order valence-corrected chi connectivity index (χ3v) is 5.61. The highest BCUT2D eigenvalue weighted by atomic mass is 32.2. The number of hydrogen-bond acceptors (Lipinski definition) is 5. The van der Waals surface area contributed by atoms with E-state index in [4.69, 9.17) is 0 Å². The van der Waals surface area contributed by atoms with Gasteiger partial charge in [0.1, 0.15) is 5.69 Å². The van der Waals surface area contributed by atoms with Gasteiger partial charge in [-0.2, -0.15) is 5.10 Å². The molecule has 0 spiro atoms. The zero-order valence-corrected chi connectivity index (χ0v) is 17.8. The summed E-state index contributed by atoms with van der Waals surface area (Å²) in [5, 5.41) is 16.8. The molecule has 0 radical (unpaired) electrons. The Morgan fingerprint density at radius 3 is 2.63 bits per heavy atom. The van der Waals surface area contributed by atoms with Crippen LogP contribution in [0.25, 0.3) is 22.6 Å². The fraction of sp³-hybridized carbons (Fsp3) is 0.182. The van der Waals surface area contributed by atoms with Crippen LogP contribution in [0.15, 0.2) is 66.0 Å². The fourth-order valence-electron chi connectivity index (χ4n) is 3.19. The molecule has 0 atom stereocenters. The molecule has 0 aliphatic heterocycles. The summed E-state index contributed by atoms with van der Waals surface area (Å²) in [6.07, 6.45) is 1.94. The number of aryl methyl sites for hydroxylation is 2. The van der Waals surface area contributed by atoms with Gasteiger partial charge in [-0.25, -0.2) is 0 Å². The Kier molecular flexibility index (Phi) is 5.67. The predicted octanol–water partition coefficient (Wildman–Crippen LogP) is 3.92. The lowest BCUT2D eigenvalue weighted by Crippen LogP contribution is -2.14. The molecule has 8 heteroatoms. The normalized spacial score (nSPS) is 10.9. The number of amides is 1. The van der Waals surface area contributed by atoms with E-state index in [0.717, 1.165) is 28.1 Å². The van der Waals surface area contributed by atoms with Crippen LogP contribution in [0.3, 0.4) is 0 Å². The second kappa shape index (κ2) is 8.54. The van der Waals surface area contributed by atoms with Crippen molar-refractivity contribution in [2.75, 3.05) is 11.1 Å². The van der Waals surface area contributed by atoms with E-state index in [9.17, 15) is 4.79 Å². The van der Waals surface area contributed by atoms with E-state index >= 15 is 0 Å². The summed E-state index contributed by atoms with van der Waals surface area (Å²) >= 11 is 1.35. The summed E-state index contributed by atoms with van der Waals surface area (Å²) in [6.45, 7) is 1.99. The van der Waals surface area contributed by atoms with Gasteiger partial charge in [-0.15, -0.1) is 10.2 Å². The zero-order valence-electron chi connectivity index (χ0n) is 17.0. The second-order valence-corrected chi connectivity index (χ2v) is 7.95. The van der Waals surface area contributed by atoms with Crippen molar-refractivity contribution in [2.24, 2.45) is 14.1 Å². The molecule has 4 rings (SSSR count). The Hall–Kier alpha value is -3.39. The molecule has 152 valence electrons. The largest absolute Gasteiger partial charge is 0.325 e. The molecule has 2 aromatic heterocycles. The number of benzene rings is 2. The number of aromatic nitrogens is 5. The molecule has 0 fully saturated rings. The molecular formula is C22H22N6OS. The van der Waals surface area contributed by atoms with E-state index in [1.807, 2.05) is 86.4 Å². The van der Waals surface area contributed by atoms with Crippen molar-refractivity contribution in [1.29, 1.82) is 0 Å².